The average Bonchev–Trinajstić information content (AvgIpc) is 3.05. The van der Waals surface area contributed by atoms with E-state index >= 15 is 0 Å². The van der Waals surface area contributed by atoms with Gasteiger partial charge in [-0.05, 0) is 11.6 Å². The van der Waals surface area contributed by atoms with Crippen LogP contribution >= 0.6 is 0 Å². The smallest absolute Gasteiger partial charge is 0.338 e. The molecule has 0 amide bonds. The predicted molar refractivity (Wildman–Crippen MR) is 95.7 cm³/mol. The van der Waals surface area contributed by atoms with Crippen LogP contribution in [0.2, 0.25) is 0 Å². The Labute approximate surface area is 144 Å². The minimum Gasteiger partial charge on any atom is -0.466 e. The van der Waals surface area contributed by atoms with E-state index in [1.54, 1.807) is 0 Å². The quantitative estimate of drug-likeness (QED) is 0.585. The van der Waals surface area contributed by atoms with Crippen molar-refractivity contribution in [3.05, 3.63) is 66.2 Å². The number of rotatable bonds is 4. The number of hydrogen-bond acceptors (Lipinski definition) is 4. The summed E-state index contributed by atoms with van der Waals surface area (Å²) in [5.41, 5.74) is 3.25. The van der Waals surface area contributed by atoms with Gasteiger partial charge < -0.3 is 14.5 Å². The molecule has 5 heteroatoms. The molecule has 0 saturated heterocycles. The molecule has 0 bridgehead atoms. The summed E-state index contributed by atoms with van der Waals surface area (Å²) in [4.78, 5) is 27.5. The molecule has 0 saturated carbocycles. The second kappa shape index (κ2) is 7.05. The van der Waals surface area contributed by atoms with Gasteiger partial charge in [0.2, 0.25) is 0 Å². The van der Waals surface area contributed by atoms with E-state index in [0.29, 0.717) is 5.56 Å². The molecule has 1 heterocycles. The molecule has 0 fully saturated rings. The second-order valence-corrected chi connectivity index (χ2v) is 5.36. The fourth-order valence-electron chi connectivity index (χ4n) is 2.76. The van der Waals surface area contributed by atoms with Crippen LogP contribution in [0.4, 0.5) is 0 Å². The van der Waals surface area contributed by atoms with Crippen molar-refractivity contribution in [3.63, 3.8) is 0 Å². The first-order chi connectivity index (χ1) is 12.2. The first-order valence-corrected chi connectivity index (χ1v) is 7.70. The van der Waals surface area contributed by atoms with E-state index < -0.39 is 11.9 Å². The highest BCUT2D eigenvalue weighted by Gasteiger charge is 2.23. The Bertz CT molecular complexity index is 954. The van der Waals surface area contributed by atoms with Crippen LogP contribution < -0.4 is 0 Å². The summed E-state index contributed by atoms with van der Waals surface area (Å²) >= 11 is 0. The maximum Gasteiger partial charge on any atom is 0.338 e. The highest BCUT2D eigenvalue weighted by atomic mass is 16.5. The van der Waals surface area contributed by atoms with Gasteiger partial charge >= 0.3 is 11.9 Å². The normalized spacial score (nSPS) is 11.4. The topological polar surface area (TPSA) is 68.4 Å². The van der Waals surface area contributed by atoms with Crippen LogP contribution in [0.3, 0.4) is 0 Å². The zero-order chi connectivity index (χ0) is 17.8. The third kappa shape index (κ3) is 3.17. The van der Waals surface area contributed by atoms with E-state index in [4.69, 9.17) is 9.47 Å². The van der Waals surface area contributed by atoms with Gasteiger partial charge in [0, 0.05) is 22.5 Å². The molecule has 0 atom stereocenters. The Hall–Kier alpha value is -3.34. The van der Waals surface area contributed by atoms with Gasteiger partial charge in [0.1, 0.15) is 0 Å². The van der Waals surface area contributed by atoms with Crippen LogP contribution in [0.5, 0.6) is 0 Å². The number of methoxy groups -OCH3 is 2. The number of nitrogens with one attached hydrogen (secondary N) is 1. The second-order valence-electron chi connectivity index (χ2n) is 5.36. The summed E-state index contributed by atoms with van der Waals surface area (Å²) in [5.74, 6) is -1.22. The molecule has 0 aliphatic heterocycles. The Balaban J connectivity index is 2.34. The molecule has 0 spiro atoms. The molecule has 1 N–H and O–H groups in total. The van der Waals surface area contributed by atoms with Crippen LogP contribution in [0.15, 0.2) is 60.7 Å². The van der Waals surface area contributed by atoms with E-state index in [9.17, 15) is 9.59 Å². The Morgan fingerprint density at radius 3 is 2.28 bits per heavy atom. The largest absolute Gasteiger partial charge is 0.466 e. The van der Waals surface area contributed by atoms with Crippen molar-refractivity contribution in [3.8, 4) is 11.3 Å². The minimum atomic E-state index is -0.621. The molecule has 2 aromatic carbocycles. The van der Waals surface area contributed by atoms with Gasteiger partial charge in [0.05, 0.1) is 25.5 Å². The number of esters is 2. The summed E-state index contributed by atoms with van der Waals surface area (Å²) in [6, 6.07) is 17.2. The number of para-hydroxylation sites is 1. The van der Waals surface area contributed by atoms with Crippen molar-refractivity contribution in [2.45, 2.75) is 0 Å². The van der Waals surface area contributed by atoms with Crippen LogP contribution in [0.25, 0.3) is 27.7 Å². The monoisotopic (exact) mass is 335 g/mol. The lowest BCUT2D eigenvalue weighted by Crippen LogP contribution is -2.08. The molecular formula is C20H17NO4. The van der Waals surface area contributed by atoms with Crippen molar-refractivity contribution < 1.29 is 19.1 Å². The fraction of sp³-hybridized carbons (Fsp3) is 0.100. The standard InChI is InChI=1S/C20H17NO4/c1-24-17(22)12-15(20(23)25-2)18-14-10-6-7-11-16(14)21-19(18)13-8-4-3-5-9-13/h3-12,21H,1-2H3/b15-12-. The number of aromatic nitrogens is 1. The SMILES string of the molecule is COC(=O)/C=C(\C(=O)OC)c1c(-c2ccccc2)[nH]c2ccccc12. The summed E-state index contributed by atoms with van der Waals surface area (Å²) < 4.78 is 9.59. The summed E-state index contributed by atoms with van der Waals surface area (Å²) in [6.07, 6.45) is 1.16. The van der Waals surface area contributed by atoms with Gasteiger partial charge in [-0.15, -0.1) is 0 Å². The van der Waals surface area contributed by atoms with Crippen molar-refractivity contribution in [2.75, 3.05) is 14.2 Å². The Morgan fingerprint density at radius 2 is 1.60 bits per heavy atom. The van der Waals surface area contributed by atoms with Crippen LogP contribution in [-0.4, -0.2) is 31.1 Å². The third-order valence-electron chi connectivity index (χ3n) is 3.91. The fourth-order valence-corrected chi connectivity index (χ4v) is 2.76. The van der Waals surface area contributed by atoms with Gasteiger partial charge in [0.15, 0.2) is 0 Å². The number of carbonyl (C=O) groups is 2. The first kappa shape index (κ1) is 16.5. The number of hydrogen-bond donors (Lipinski definition) is 1. The van der Waals surface area contributed by atoms with Crippen LogP contribution in [-0.2, 0) is 19.1 Å². The number of aromatic amines is 1. The van der Waals surface area contributed by atoms with E-state index in [1.165, 1.54) is 14.2 Å². The molecule has 25 heavy (non-hydrogen) atoms. The Morgan fingerprint density at radius 1 is 0.920 bits per heavy atom. The number of carbonyl (C=O) groups excluding carboxylic acids is 2. The van der Waals surface area contributed by atoms with E-state index in [1.807, 2.05) is 54.6 Å². The molecule has 0 unspecified atom stereocenters. The maximum atomic E-state index is 12.4. The Kier molecular flexibility index (Phi) is 4.66. The van der Waals surface area contributed by atoms with Gasteiger partial charge in [-0.1, -0.05) is 48.5 Å². The summed E-state index contributed by atoms with van der Waals surface area (Å²) in [5, 5.41) is 0.821. The number of H-pyrrole nitrogens is 1. The summed E-state index contributed by atoms with van der Waals surface area (Å²) in [7, 11) is 2.55. The molecule has 0 radical (unpaired) electrons. The highest BCUT2D eigenvalue weighted by Crippen LogP contribution is 2.35. The van der Waals surface area contributed by atoms with Crippen molar-refractivity contribution in [1.29, 1.82) is 0 Å². The van der Waals surface area contributed by atoms with E-state index in [-0.39, 0.29) is 5.57 Å². The number of ether oxygens (including phenoxy) is 2. The highest BCUT2D eigenvalue weighted by molar-refractivity contribution is 6.25. The zero-order valence-corrected chi connectivity index (χ0v) is 13.9. The molecule has 3 rings (SSSR count). The van der Waals surface area contributed by atoms with Gasteiger partial charge in [-0.25, -0.2) is 9.59 Å². The third-order valence-corrected chi connectivity index (χ3v) is 3.91. The van der Waals surface area contributed by atoms with Crippen LogP contribution in [0, 0.1) is 0 Å². The van der Waals surface area contributed by atoms with Crippen molar-refractivity contribution in [2.24, 2.45) is 0 Å². The van der Waals surface area contributed by atoms with Gasteiger partial charge in [-0.3, -0.25) is 0 Å². The van der Waals surface area contributed by atoms with Gasteiger partial charge in [-0.2, -0.15) is 0 Å². The van der Waals surface area contributed by atoms with Crippen molar-refractivity contribution >= 4 is 28.4 Å². The average molecular weight is 335 g/mol. The summed E-state index contributed by atoms with van der Waals surface area (Å²) in [6.45, 7) is 0. The lowest BCUT2D eigenvalue weighted by Gasteiger charge is -2.08. The lowest BCUT2D eigenvalue weighted by atomic mass is 9.98. The number of fused-ring (bicyclic) bond motifs is 1. The zero-order valence-electron chi connectivity index (χ0n) is 13.9. The van der Waals surface area contributed by atoms with Crippen molar-refractivity contribution in [1.82, 2.24) is 4.98 Å². The van der Waals surface area contributed by atoms with E-state index in [0.717, 1.165) is 28.2 Å². The van der Waals surface area contributed by atoms with Gasteiger partial charge in [0.25, 0.3) is 0 Å². The maximum absolute atomic E-state index is 12.4. The molecule has 5 nitrogen and oxygen atoms in total. The van der Waals surface area contributed by atoms with E-state index in [2.05, 4.69) is 4.98 Å². The first-order valence-electron chi connectivity index (χ1n) is 7.70. The molecule has 126 valence electrons. The molecule has 1 aromatic heterocycles. The molecule has 3 aromatic rings. The molecule has 0 aliphatic rings. The minimum absolute atomic E-state index is 0.144. The lowest BCUT2D eigenvalue weighted by molar-refractivity contribution is -0.136. The predicted octanol–water partition coefficient (Wildman–Crippen LogP) is 3.56. The number of benzene rings is 2. The van der Waals surface area contributed by atoms with Crippen LogP contribution in [0.1, 0.15) is 5.56 Å². The molecule has 0 aliphatic carbocycles. The molecular weight excluding hydrogens is 318 g/mol.